The van der Waals surface area contributed by atoms with Gasteiger partial charge in [-0.2, -0.15) is 0 Å². The molecule has 3 unspecified atom stereocenters. The number of carbonyl (C=O) groups excluding carboxylic acids is 1. The summed E-state index contributed by atoms with van der Waals surface area (Å²) in [5, 5.41) is 2.90. The fraction of sp³-hybridized carbons (Fsp3) is 0.909. The molecule has 1 fully saturated rings. The molecular formula is C11H22N2O2S. The lowest BCUT2D eigenvalue weighted by atomic mass is 10.1. The van der Waals surface area contributed by atoms with Gasteiger partial charge >= 0.3 is 0 Å². The molecule has 0 radical (unpaired) electrons. The molecule has 1 aliphatic rings. The minimum atomic E-state index is -0.785. The van der Waals surface area contributed by atoms with Crippen molar-refractivity contribution in [1.82, 2.24) is 5.32 Å². The number of rotatable bonds is 7. The molecule has 1 saturated carbocycles. The van der Waals surface area contributed by atoms with E-state index in [-0.39, 0.29) is 18.0 Å². The summed E-state index contributed by atoms with van der Waals surface area (Å²) in [5.41, 5.74) is 5.87. The molecule has 94 valence electrons. The molecule has 16 heavy (non-hydrogen) atoms. The van der Waals surface area contributed by atoms with Crippen LogP contribution in [-0.4, -0.2) is 34.2 Å². The zero-order valence-corrected chi connectivity index (χ0v) is 10.9. The van der Waals surface area contributed by atoms with E-state index in [1.165, 1.54) is 12.8 Å². The standard InChI is InChI=1S/C11H22N2O2S/c1-8(5-6-16(2)15)13-11(14)7-10(12)9-3-4-9/h8-10H,3-7,12H2,1-2H3,(H,13,14). The highest BCUT2D eigenvalue weighted by Crippen LogP contribution is 2.32. The lowest BCUT2D eigenvalue weighted by Gasteiger charge is -2.15. The van der Waals surface area contributed by atoms with Gasteiger partial charge in [-0.25, -0.2) is 0 Å². The van der Waals surface area contributed by atoms with Crippen LogP contribution in [0.5, 0.6) is 0 Å². The van der Waals surface area contributed by atoms with Crippen molar-refractivity contribution in [3.8, 4) is 0 Å². The van der Waals surface area contributed by atoms with Crippen LogP contribution in [0.4, 0.5) is 0 Å². The third-order valence-corrected chi connectivity index (χ3v) is 3.70. The van der Waals surface area contributed by atoms with E-state index < -0.39 is 10.8 Å². The molecule has 5 heteroatoms. The predicted molar refractivity (Wildman–Crippen MR) is 66.5 cm³/mol. The maximum Gasteiger partial charge on any atom is 0.221 e. The normalized spacial score (nSPS) is 21.2. The molecular weight excluding hydrogens is 224 g/mol. The van der Waals surface area contributed by atoms with Crippen molar-refractivity contribution in [1.29, 1.82) is 0 Å². The fourth-order valence-corrected chi connectivity index (χ4v) is 2.34. The van der Waals surface area contributed by atoms with Gasteiger partial charge < -0.3 is 11.1 Å². The van der Waals surface area contributed by atoms with Gasteiger partial charge in [0.1, 0.15) is 0 Å². The molecule has 4 nitrogen and oxygen atoms in total. The Bertz CT molecular complexity index is 267. The van der Waals surface area contributed by atoms with Crippen LogP contribution < -0.4 is 11.1 Å². The Morgan fingerprint density at radius 2 is 2.19 bits per heavy atom. The van der Waals surface area contributed by atoms with Gasteiger partial charge in [-0.15, -0.1) is 0 Å². The van der Waals surface area contributed by atoms with Gasteiger partial charge in [-0.3, -0.25) is 9.00 Å². The first kappa shape index (κ1) is 13.6. The Hall–Kier alpha value is -0.420. The molecule has 0 bridgehead atoms. The van der Waals surface area contributed by atoms with E-state index in [2.05, 4.69) is 5.32 Å². The molecule has 1 rings (SSSR count). The van der Waals surface area contributed by atoms with Crippen molar-refractivity contribution in [2.45, 2.75) is 44.7 Å². The van der Waals surface area contributed by atoms with Crippen molar-refractivity contribution in [3.63, 3.8) is 0 Å². The van der Waals surface area contributed by atoms with E-state index in [1.807, 2.05) is 6.92 Å². The van der Waals surface area contributed by atoms with Crippen LogP contribution in [0, 0.1) is 5.92 Å². The number of amides is 1. The van der Waals surface area contributed by atoms with E-state index in [9.17, 15) is 9.00 Å². The second-order valence-electron chi connectivity index (χ2n) is 4.74. The minimum absolute atomic E-state index is 0.0208. The van der Waals surface area contributed by atoms with Gasteiger partial charge in [0.25, 0.3) is 0 Å². The van der Waals surface area contributed by atoms with Crippen molar-refractivity contribution in [2.24, 2.45) is 11.7 Å². The number of hydrogen-bond donors (Lipinski definition) is 2. The Morgan fingerprint density at radius 3 is 2.69 bits per heavy atom. The quantitative estimate of drug-likeness (QED) is 0.682. The van der Waals surface area contributed by atoms with Gasteiger partial charge in [0.2, 0.25) is 5.91 Å². The third-order valence-electron chi connectivity index (χ3n) is 2.89. The van der Waals surface area contributed by atoms with Crippen LogP contribution in [0.25, 0.3) is 0 Å². The third kappa shape index (κ3) is 5.61. The number of carbonyl (C=O) groups is 1. The molecule has 3 atom stereocenters. The van der Waals surface area contributed by atoms with E-state index in [4.69, 9.17) is 5.73 Å². The Balaban J connectivity index is 2.14. The summed E-state index contributed by atoms with van der Waals surface area (Å²) in [6.07, 6.45) is 5.19. The first-order valence-electron chi connectivity index (χ1n) is 5.84. The monoisotopic (exact) mass is 246 g/mol. The van der Waals surface area contributed by atoms with Crippen LogP contribution in [0.2, 0.25) is 0 Å². The zero-order valence-electron chi connectivity index (χ0n) is 10.1. The highest BCUT2D eigenvalue weighted by molar-refractivity contribution is 7.84. The zero-order chi connectivity index (χ0) is 12.1. The van der Waals surface area contributed by atoms with Gasteiger partial charge in [0, 0.05) is 41.3 Å². The SMILES string of the molecule is CC(CCS(C)=O)NC(=O)CC(N)C1CC1. The van der Waals surface area contributed by atoms with Gasteiger partial charge in [-0.1, -0.05) is 0 Å². The molecule has 1 aliphatic carbocycles. The number of nitrogens with two attached hydrogens (primary N) is 1. The lowest BCUT2D eigenvalue weighted by molar-refractivity contribution is -0.122. The maximum absolute atomic E-state index is 11.6. The maximum atomic E-state index is 11.6. The smallest absolute Gasteiger partial charge is 0.221 e. The Morgan fingerprint density at radius 1 is 1.56 bits per heavy atom. The first-order chi connectivity index (χ1) is 7.49. The van der Waals surface area contributed by atoms with Crippen LogP contribution in [0.3, 0.4) is 0 Å². The average molecular weight is 246 g/mol. The van der Waals surface area contributed by atoms with Crippen LogP contribution in [0.15, 0.2) is 0 Å². The lowest BCUT2D eigenvalue weighted by Crippen LogP contribution is -2.38. The highest BCUT2D eigenvalue weighted by atomic mass is 32.2. The molecule has 0 aromatic heterocycles. The van der Waals surface area contributed by atoms with E-state index in [1.54, 1.807) is 6.26 Å². The minimum Gasteiger partial charge on any atom is -0.354 e. The molecule has 0 heterocycles. The van der Waals surface area contributed by atoms with Crippen molar-refractivity contribution >= 4 is 16.7 Å². The molecule has 0 aromatic carbocycles. The largest absolute Gasteiger partial charge is 0.354 e. The summed E-state index contributed by atoms with van der Waals surface area (Å²) < 4.78 is 10.9. The topological polar surface area (TPSA) is 72.2 Å². The Kier molecular flexibility index (Phi) is 5.41. The number of nitrogens with one attached hydrogen (secondary N) is 1. The molecule has 3 N–H and O–H groups in total. The summed E-state index contributed by atoms with van der Waals surface area (Å²) in [7, 11) is -0.785. The summed E-state index contributed by atoms with van der Waals surface area (Å²) in [6.45, 7) is 1.94. The van der Waals surface area contributed by atoms with E-state index >= 15 is 0 Å². The summed E-state index contributed by atoms with van der Waals surface area (Å²) in [5.74, 6) is 1.22. The average Bonchev–Trinajstić information content (AvgIpc) is 2.97. The second-order valence-corrected chi connectivity index (χ2v) is 6.29. The fourth-order valence-electron chi connectivity index (χ4n) is 1.65. The summed E-state index contributed by atoms with van der Waals surface area (Å²) in [4.78, 5) is 11.6. The van der Waals surface area contributed by atoms with Gasteiger partial charge in [-0.05, 0) is 32.1 Å². The second kappa shape index (κ2) is 6.35. The first-order valence-corrected chi connectivity index (χ1v) is 7.56. The van der Waals surface area contributed by atoms with Crippen molar-refractivity contribution < 1.29 is 9.00 Å². The molecule has 1 amide bonds. The van der Waals surface area contributed by atoms with E-state index in [0.717, 1.165) is 6.42 Å². The molecule has 0 aromatic rings. The summed E-state index contributed by atoms with van der Waals surface area (Å²) in [6, 6.07) is 0.107. The van der Waals surface area contributed by atoms with Crippen LogP contribution >= 0.6 is 0 Å². The number of hydrogen-bond acceptors (Lipinski definition) is 3. The Labute approximate surface area is 99.8 Å². The molecule has 0 aliphatic heterocycles. The molecule has 0 spiro atoms. The van der Waals surface area contributed by atoms with Crippen molar-refractivity contribution in [3.05, 3.63) is 0 Å². The van der Waals surface area contributed by atoms with Crippen LogP contribution in [-0.2, 0) is 15.6 Å². The van der Waals surface area contributed by atoms with Gasteiger partial charge in [0.15, 0.2) is 0 Å². The highest BCUT2D eigenvalue weighted by Gasteiger charge is 2.29. The van der Waals surface area contributed by atoms with Gasteiger partial charge in [0.05, 0.1) is 0 Å². The van der Waals surface area contributed by atoms with E-state index in [0.29, 0.717) is 18.1 Å². The summed E-state index contributed by atoms with van der Waals surface area (Å²) >= 11 is 0. The van der Waals surface area contributed by atoms with Crippen LogP contribution in [0.1, 0.15) is 32.6 Å². The molecule has 0 saturated heterocycles. The predicted octanol–water partition coefficient (Wildman–Crippen LogP) is 0.387. The van der Waals surface area contributed by atoms with Crippen molar-refractivity contribution in [2.75, 3.05) is 12.0 Å².